The van der Waals surface area contributed by atoms with E-state index >= 15 is 0 Å². The van der Waals surface area contributed by atoms with Gasteiger partial charge >= 0.3 is 0 Å². The summed E-state index contributed by atoms with van der Waals surface area (Å²) in [5, 5.41) is 0. The highest BCUT2D eigenvalue weighted by molar-refractivity contribution is 7.89. The van der Waals surface area contributed by atoms with Crippen molar-refractivity contribution in [3.05, 3.63) is 65.7 Å². The fraction of sp³-hybridized carbons (Fsp3) is 0.536. The fourth-order valence-corrected chi connectivity index (χ4v) is 9.41. The maximum absolute atomic E-state index is 14.1. The molecule has 34 heavy (non-hydrogen) atoms. The Bertz CT molecular complexity index is 1170. The highest BCUT2D eigenvalue weighted by atomic mass is 32.2. The van der Waals surface area contributed by atoms with Gasteiger partial charge in [0.25, 0.3) is 0 Å². The molecule has 4 bridgehead atoms. The summed E-state index contributed by atoms with van der Waals surface area (Å²) in [4.78, 5) is 16.4. The lowest BCUT2D eigenvalue weighted by molar-refractivity contribution is -0.161. The third-order valence-electron chi connectivity index (χ3n) is 9.09. The maximum atomic E-state index is 14.1. The van der Waals surface area contributed by atoms with E-state index in [9.17, 15) is 13.2 Å². The van der Waals surface area contributed by atoms with E-state index in [1.807, 2.05) is 11.0 Å². The average Bonchev–Trinajstić information content (AvgIpc) is 2.84. The summed E-state index contributed by atoms with van der Waals surface area (Å²) in [5.41, 5.74) is 2.56. The van der Waals surface area contributed by atoms with Gasteiger partial charge in [-0.1, -0.05) is 48.0 Å². The number of nitrogens with zero attached hydrogens (tertiary/aromatic N) is 2. The van der Waals surface area contributed by atoms with Crippen molar-refractivity contribution in [3.8, 4) is 0 Å². The molecule has 0 spiro atoms. The molecule has 2 aromatic rings. The number of carbonyl (C=O) groups is 1. The van der Waals surface area contributed by atoms with Crippen LogP contribution >= 0.6 is 0 Å². The third-order valence-corrected chi connectivity index (χ3v) is 11.0. The van der Waals surface area contributed by atoms with Crippen LogP contribution in [0.2, 0.25) is 0 Å². The Morgan fingerprint density at radius 1 is 0.853 bits per heavy atom. The van der Waals surface area contributed by atoms with Crippen LogP contribution in [-0.4, -0.2) is 49.7 Å². The van der Waals surface area contributed by atoms with Gasteiger partial charge in [0.2, 0.25) is 15.9 Å². The summed E-state index contributed by atoms with van der Waals surface area (Å²) in [5.74, 6) is 1.55. The predicted molar refractivity (Wildman–Crippen MR) is 132 cm³/mol. The zero-order chi connectivity index (χ0) is 23.6. The summed E-state index contributed by atoms with van der Waals surface area (Å²) in [6.45, 7) is 3.84. The molecule has 5 nitrogen and oxygen atoms in total. The lowest BCUT2D eigenvalue weighted by Gasteiger charge is -2.62. The van der Waals surface area contributed by atoms with Crippen molar-refractivity contribution >= 4 is 15.9 Å². The number of aryl methyl sites for hydroxylation is 1. The molecule has 2 aromatic carbocycles. The molecular weight excluding hydrogens is 444 g/mol. The number of hydrogen-bond acceptors (Lipinski definition) is 3. The van der Waals surface area contributed by atoms with Gasteiger partial charge in [-0.15, -0.1) is 0 Å². The second-order valence-electron chi connectivity index (χ2n) is 11.4. The number of amides is 1. The van der Waals surface area contributed by atoms with Gasteiger partial charge in [0.1, 0.15) is 0 Å². The quantitative estimate of drug-likeness (QED) is 0.656. The van der Waals surface area contributed by atoms with E-state index in [2.05, 4.69) is 31.2 Å². The highest BCUT2D eigenvalue weighted by Crippen LogP contribution is 2.66. The van der Waals surface area contributed by atoms with E-state index in [-0.39, 0.29) is 16.7 Å². The molecule has 0 unspecified atom stereocenters. The summed E-state index contributed by atoms with van der Waals surface area (Å²) >= 11 is 0. The van der Waals surface area contributed by atoms with Crippen molar-refractivity contribution in [2.24, 2.45) is 17.3 Å². The van der Waals surface area contributed by atoms with E-state index in [0.29, 0.717) is 42.9 Å². The third kappa shape index (κ3) is 3.53. The van der Waals surface area contributed by atoms with Crippen molar-refractivity contribution in [2.75, 3.05) is 26.2 Å². The van der Waals surface area contributed by atoms with Crippen LogP contribution in [-0.2, 0) is 20.2 Å². The summed E-state index contributed by atoms with van der Waals surface area (Å²) in [7, 11) is -3.51. The summed E-state index contributed by atoms with van der Waals surface area (Å²) in [6, 6.07) is 17.7. The lowest BCUT2D eigenvalue weighted by atomic mass is 9.42. The molecule has 5 fully saturated rings. The molecule has 0 N–H and O–H groups in total. The molecule has 1 heterocycles. The first kappa shape index (κ1) is 22.3. The van der Waals surface area contributed by atoms with Crippen LogP contribution in [0.15, 0.2) is 59.5 Å². The minimum Gasteiger partial charge on any atom is -0.340 e. The number of carbonyl (C=O) groups excluding carboxylic acids is 1. The van der Waals surface area contributed by atoms with Crippen LogP contribution in [0.3, 0.4) is 0 Å². The standard InChI is InChI=1S/C28H34N2O3S/c1-21-7-9-24(10-8-21)27-16-22-15-23(17-27)19-28(18-22,20-27)26(31)29-11-13-30(14-12-29)34(32,33)25-5-3-2-4-6-25/h2-10,22-23H,11-20H2,1H3/t22-,23-,27?,28?/m1/s1. The molecule has 7 rings (SSSR count). The smallest absolute Gasteiger partial charge is 0.243 e. The Morgan fingerprint density at radius 3 is 2.09 bits per heavy atom. The molecule has 1 aliphatic heterocycles. The van der Waals surface area contributed by atoms with Gasteiger partial charge in [0, 0.05) is 26.2 Å². The van der Waals surface area contributed by atoms with Crippen molar-refractivity contribution in [3.63, 3.8) is 0 Å². The molecule has 1 amide bonds. The lowest BCUT2D eigenvalue weighted by Crippen LogP contribution is -2.61. The molecule has 1 saturated heterocycles. The summed E-state index contributed by atoms with van der Waals surface area (Å²) < 4.78 is 27.6. The zero-order valence-electron chi connectivity index (χ0n) is 19.9. The van der Waals surface area contributed by atoms with Crippen molar-refractivity contribution in [2.45, 2.75) is 55.8 Å². The first-order valence-electron chi connectivity index (χ1n) is 12.7. The SMILES string of the molecule is Cc1ccc(C23C[C@H]4C[C@@H](CC(C(=O)N5CCN(S(=O)(=O)c6ccccc6)CC5)(C4)C2)C3)cc1. The fourth-order valence-electron chi connectivity index (χ4n) is 7.97. The van der Waals surface area contributed by atoms with Crippen molar-refractivity contribution in [1.82, 2.24) is 9.21 Å². The first-order chi connectivity index (χ1) is 16.3. The van der Waals surface area contributed by atoms with E-state index in [1.54, 1.807) is 28.6 Å². The molecular formula is C28H34N2O3S. The van der Waals surface area contributed by atoms with E-state index in [4.69, 9.17) is 0 Å². The van der Waals surface area contributed by atoms with Gasteiger partial charge in [-0.05, 0) is 80.4 Å². The Labute approximate surface area is 203 Å². The average molecular weight is 479 g/mol. The number of sulfonamides is 1. The topological polar surface area (TPSA) is 57.7 Å². The minimum atomic E-state index is -3.51. The van der Waals surface area contributed by atoms with Gasteiger partial charge in [0.15, 0.2) is 0 Å². The molecule has 0 radical (unpaired) electrons. The van der Waals surface area contributed by atoms with Gasteiger partial charge in [-0.3, -0.25) is 4.79 Å². The second-order valence-corrected chi connectivity index (χ2v) is 13.3. The van der Waals surface area contributed by atoms with Crippen LogP contribution in [0.4, 0.5) is 0 Å². The maximum Gasteiger partial charge on any atom is 0.243 e. The zero-order valence-corrected chi connectivity index (χ0v) is 20.8. The minimum absolute atomic E-state index is 0.131. The summed E-state index contributed by atoms with van der Waals surface area (Å²) in [6.07, 6.45) is 6.68. The van der Waals surface area contributed by atoms with Gasteiger partial charge in [-0.25, -0.2) is 8.42 Å². The normalized spacial score (nSPS) is 33.3. The first-order valence-corrected chi connectivity index (χ1v) is 14.2. The Kier molecular flexibility index (Phi) is 5.19. The molecule has 2 atom stereocenters. The van der Waals surface area contributed by atoms with Crippen LogP contribution < -0.4 is 0 Å². The van der Waals surface area contributed by atoms with Crippen molar-refractivity contribution < 1.29 is 13.2 Å². The van der Waals surface area contributed by atoms with Gasteiger partial charge in [-0.2, -0.15) is 4.31 Å². The number of hydrogen-bond donors (Lipinski definition) is 0. The Balaban J connectivity index is 1.21. The molecule has 180 valence electrons. The second kappa shape index (κ2) is 7.92. The molecule has 0 aromatic heterocycles. The molecule has 4 saturated carbocycles. The van der Waals surface area contributed by atoms with Gasteiger partial charge < -0.3 is 4.90 Å². The van der Waals surface area contributed by atoms with E-state index in [1.165, 1.54) is 30.4 Å². The number of benzene rings is 2. The van der Waals surface area contributed by atoms with Crippen LogP contribution in [0, 0.1) is 24.2 Å². The van der Waals surface area contributed by atoms with Crippen LogP contribution in [0.25, 0.3) is 0 Å². The van der Waals surface area contributed by atoms with Crippen molar-refractivity contribution in [1.29, 1.82) is 0 Å². The Hall–Kier alpha value is -2.18. The van der Waals surface area contributed by atoms with Crippen LogP contribution in [0.5, 0.6) is 0 Å². The van der Waals surface area contributed by atoms with Crippen LogP contribution in [0.1, 0.15) is 49.7 Å². The van der Waals surface area contributed by atoms with Gasteiger partial charge in [0.05, 0.1) is 10.3 Å². The number of rotatable bonds is 4. The molecule has 5 aliphatic rings. The van der Waals surface area contributed by atoms with E-state index in [0.717, 1.165) is 19.3 Å². The van der Waals surface area contributed by atoms with E-state index < -0.39 is 10.0 Å². The highest BCUT2D eigenvalue weighted by Gasteiger charge is 2.61. The Morgan fingerprint density at radius 2 is 1.47 bits per heavy atom. The molecule has 6 heteroatoms. The number of piperazine rings is 1. The molecule has 4 aliphatic carbocycles. The largest absolute Gasteiger partial charge is 0.340 e. The predicted octanol–water partition coefficient (Wildman–Crippen LogP) is 4.37. The monoisotopic (exact) mass is 478 g/mol.